The molecule has 19 heavy (non-hydrogen) atoms. The SMILES string of the molecule is CCC(CC)(CO)CNCC(=O)Nc1ccccc1. The Kier molecular flexibility index (Phi) is 6.53. The van der Waals surface area contributed by atoms with Gasteiger partial charge in [0.25, 0.3) is 0 Å². The second-order valence-electron chi connectivity index (χ2n) is 4.88. The van der Waals surface area contributed by atoms with E-state index in [0.29, 0.717) is 6.54 Å². The number of carbonyl (C=O) groups excluding carboxylic acids is 1. The van der Waals surface area contributed by atoms with E-state index in [-0.39, 0.29) is 24.5 Å². The summed E-state index contributed by atoms with van der Waals surface area (Å²) in [5.41, 5.74) is 0.682. The van der Waals surface area contributed by atoms with Crippen LogP contribution in [0.5, 0.6) is 0 Å². The van der Waals surface area contributed by atoms with Crippen LogP contribution in [0.15, 0.2) is 30.3 Å². The van der Waals surface area contributed by atoms with Crippen LogP contribution in [0.3, 0.4) is 0 Å². The molecule has 0 saturated heterocycles. The number of hydrogen-bond donors (Lipinski definition) is 3. The van der Waals surface area contributed by atoms with Crippen molar-refractivity contribution in [1.29, 1.82) is 0 Å². The molecule has 4 heteroatoms. The number of hydrogen-bond acceptors (Lipinski definition) is 3. The van der Waals surface area contributed by atoms with Gasteiger partial charge in [-0.2, -0.15) is 0 Å². The van der Waals surface area contributed by atoms with Gasteiger partial charge < -0.3 is 15.7 Å². The average molecular weight is 264 g/mol. The van der Waals surface area contributed by atoms with Crippen LogP contribution in [-0.4, -0.2) is 30.7 Å². The van der Waals surface area contributed by atoms with Crippen molar-refractivity contribution in [3.63, 3.8) is 0 Å². The summed E-state index contributed by atoms with van der Waals surface area (Å²) >= 11 is 0. The van der Waals surface area contributed by atoms with Crippen molar-refractivity contribution in [2.75, 3.05) is 25.0 Å². The highest BCUT2D eigenvalue weighted by Gasteiger charge is 2.24. The summed E-state index contributed by atoms with van der Waals surface area (Å²) in [5, 5.41) is 15.4. The summed E-state index contributed by atoms with van der Waals surface area (Å²) in [4.78, 5) is 11.7. The lowest BCUT2D eigenvalue weighted by Gasteiger charge is -2.29. The first kappa shape index (κ1) is 15.7. The maximum absolute atomic E-state index is 11.7. The second-order valence-corrected chi connectivity index (χ2v) is 4.88. The van der Waals surface area contributed by atoms with E-state index in [1.165, 1.54) is 0 Å². The number of amides is 1. The normalized spacial score (nSPS) is 11.3. The monoisotopic (exact) mass is 264 g/mol. The van der Waals surface area contributed by atoms with Crippen molar-refractivity contribution < 1.29 is 9.90 Å². The van der Waals surface area contributed by atoms with Gasteiger partial charge in [-0.1, -0.05) is 32.0 Å². The van der Waals surface area contributed by atoms with Crippen molar-refractivity contribution in [3.8, 4) is 0 Å². The molecule has 0 saturated carbocycles. The van der Waals surface area contributed by atoms with Crippen LogP contribution in [0.2, 0.25) is 0 Å². The number of para-hydroxylation sites is 1. The minimum absolute atomic E-state index is 0.0646. The van der Waals surface area contributed by atoms with Crippen molar-refractivity contribution in [2.45, 2.75) is 26.7 Å². The third-order valence-electron chi connectivity index (χ3n) is 3.68. The number of nitrogens with one attached hydrogen (secondary N) is 2. The van der Waals surface area contributed by atoms with Gasteiger partial charge in [0.05, 0.1) is 6.54 Å². The Morgan fingerprint density at radius 1 is 1.21 bits per heavy atom. The molecule has 0 aliphatic heterocycles. The van der Waals surface area contributed by atoms with Gasteiger partial charge in [0.2, 0.25) is 5.91 Å². The summed E-state index contributed by atoms with van der Waals surface area (Å²) in [5.74, 6) is -0.0646. The molecule has 0 aliphatic rings. The van der Waals surface area contributed by atoms with Gasteiger partial charge in [-0.25, -0.2) is 0 Å². The number of carbonyl (C=O) groups is 1. The fourth-order valence-corrected chi connectivity index (χ4v) is 1.95. The molecule has 106 valence electrons. The molecule has 0 fully saturated rings. The Hall–Kier alpha value is -1.39. The number of rotatable bonds is 8. The summed E-state index contributed by atoms with van der Waals surface area (Å²) in [7, 11) is 0. The molecular formula is C15H24N2O2. The van der Waals surface area contributed by atoms with Crippen molar-refractivity contribution in [1.82, 2.24) is 5.32 Å². The number of anilines is 1. The molecule has 0 unspecified atom stereocenters. The van der Waals surface area contributed by atoms with Gasteiger partial charge in [-0.05, 0) is 25.0 Å². The van der Waals surface area contributed by atoms with Crippen molar-refractivity contribution >= 4 is 11.6 Å². The van der Waals surface area contributed by atoms with Crippen molar-refractivity contribution in [3.05, 3.63) is 30.3 Å². The smallest absolute Gasteiger partial charge is 0.238 e. The van der Waals surface area contributed by atoms with Crippen molar-refractivity contribution in [2.24, 2.45) is 5.41 Å². The molecule has 1 rings (SSSR count). The Labute approximate surface area is 115 Å². The first-order chi connectivity index (χ1) is 9.15. The molecule has 4 nitrogen and oxygen atoms in total. The molecule has 0 atom stereocenters. The molecule has 0 heterocycles. The van der Waals surface area contributed by atoms with E-state index in [1.807, 2.05) is 30.3 Å². The van der Waals surface area contributed by atoms with Crippen LogP contribution < -0.4 is 10.6 Å². The molecule has 0 bridgehead atoms. The Bertz CT molecular complexity index is 367. The Balaban J connectivity index is 2.35. The van der Waals surface area contributed by atoms with Gasteiger partial charge in [0.1, 0.15) is 0 Å². The van der Waals surface area contributed by atoms with Crippen LogP contribution in [0.1, 0.15) is 26.7 Å². The van der Waals surface area contributed by atoms with E-state index in [1.54, 1.807) is 0 Å². The zero-order valence-electron chi connectivity index (χ0n) is 11.8. The molecule has 0 aromatic heterocycles. The summed E-state index contributed by atoms with van der Waals surface area (Å²) in [6, 6.07) is 9.38. The van der Waals surface area contributed by atoms with Gasteiger partial charge in [-0.15, -0.1) is 0 Å². The molecule has 1 aromatic rings. The Morgan fingerprint density at radius 3 is 2.37 bits per heavy atom. The molecule has 0 aliphatic carbocycles. The van der Waals surface area contributed by atoms with Gasteiger partial charge in [0.15, 0.2) is 0 Å². The van der Waals surface area contributed by atoms with Gasteiger partial charge >= 0.3 is 0 Å². The van der Waals surface area contributed by atoms with Crippen LogP contribution in [0.4, 0.5) is 5.69 Å². The first-order valence-corrected chi connectivity index (χ1v) is 6.82. The fourth-order valence-electron chi connectivity index (χ4n) is 1.95. The molecule has 1 aromatic carbocycles. The predicted molar refractivity (Wildman–Crippen MR) is 78.0 cm³/mol. The maximum Gasteiger partial charge on any atom is 0.238 e. The Morgan fingerprint density at radius 2 is 1.84 bits per heavy atom. The van der Waals surface area contributed by atoms with Crippen LogP contribution in [-0.2, 0) is 4.79 Å². The zero-order chi connectivity index (χ0) is 14.1. The van der Waals surface area contributed by atoms with E-state index in [0.717, 1.165) is 18.5 Å². The van der Waals surface area contributed by atoms with E-state index >= 15 is 0 Å². The minimum Gasteiger partial charge on any atom is -0.396 e. The number of benzene rings is 1. The average Bonchev–Trinajstić information content (AvgIpc) is 2.45. The maximum atomic E-state index is 11.7. The molecule has 3 N–H and O–H groups in total. The zero-order valence-corrected chi connectivity index (χ0v) is 11.8. The third-order valence-corrected chi connectivity index (χ3v) is 3.68. The third kappa shape index (κ3) is 5.01. The fraction of sp³-hybridized carbons (Fsp3) is 0.533. The standard InChI is InChI=1S/C15H24N2O2/c1-3-15(4-2,12-18)11-16-10-14(19)17-13-8-6-5-7-9-13/h5-9,16,18H,3-4,10-12H2,1-2H3,(H,17,19). The summed E-state index contributed by atoms with van der Waals surface area (Å²) in [6.07, 6.45) is 1.79. The lowest BCUT2D eigenvalue weighted by atomic mass is 9.83. The van der Waals surface area contributed by atoms with E-state index in [4.69, 9.17) is 0 Å². The second kappa shape index (κ2) is 7.92. The predicted octanol–water partition coefficient (Wildman–Crippen LogP) is 2.01. The lowest BCUT2D eigenvalue weighted by Crippen LogP contribution is -2.39. The highest BCUT2D eigenvalue weighted by atomic mass is 16.3. The first-order valence-electron chi connectivity index (χ1n) is 6.82. The van der Waals surface area contributed by atoms with E-state index in [2.05, 4.69) is 24.5 Å². The van der Waals surface area contributed by atoms with E-state index < -0.39 is 0 Å². The number of aliphatic hydroxyl groups is 1. The molecule has 0 radical (unpaired) electrons. The quantitative estimate of drug-likeness (QED) is 0.673. The molecule has 0 spiro atoms. The van der Waals surface area contributed by atoms with Crippen LogP contribution >= 0.6 is 0 Å². The molecular weight excluding hydrogens is 240 g/mol. The van der Waals surface area contributed by atoms with Crippen LogP contribution in [0, 0.1) is 5.41 Å². The molecule has 1 amide bonds. The number of aliphatic hydroxyl groups excluding tert-OH is 1. The van der Waals surface area contributed by atoms with Crippen LogP contribution in [0.25, 0.3) is 0 Å². The minimum atomic E-state index is -0.118. The van der Waals surface area contributed by atoms with E-state index in [9.17, 15) is 9.90 Å². The highest BCUT2D eigenvalue weighted by molar-refractivity contribution is 5.92. The topological polar surface area (TPSA) is 61.4 Å². The highest BCUT2D eigenvalue weighted by Crippen LogP contribution is 2.24. The largest absolute Gasteiger partial charge is 0.396 e. The van der Waals surface area contributed by atoms with Gasteiger partial charge in [-0.3, -0.25) is 4.79 Å². The summed E-state index contributed by atoms with van der Waals surface area (Å²) in [6.45, 7) is 5.18. The van der Waals surface area contributed by atoms with Gasteiger partial charge in [0, 0.05) is 24.3 Å². The lowest BCUT2D eigenvalue weighted by molar-refractivity contribution is -0.115. The summed E-state index contributed by atoms with van der Waals surface area (Å²) < 4.78 is 0.